The van der Waals surface area contributed by atoms with Crippen LogP contribution in [0.4, 0.5) is 0 Å². The highest BCUT2D eigenvalue weighted by Gasteiger charge is 2.19. The summed E-state index contributed by atoms with van der Waals surface area (Å²) in [6.07, 6.45) is 3.99. The van der Waals surface area contributed by atoms with E-state index in [9.17, 15) is 9.59 Å². The Morgan fingerprint density at radius 3 is 2.55 bits per heavy atom. The molecule has 0 saturated carbocycles. The van der Waals surface area contributed by atoms with Crippen LogP contribution in [0.1, 0.15) is 30.1 Å². The number of aromatic nitrogens is 1. The molecule has 0 bridgehead atoms. The number of hydrogen-bond acceptors (Lipinski definition) is 2. The zero-order valence-corrected chi connectivity index (χ0v) is 11.6. The van der Waals surface area contributed by atoms with Crippen LogP contribution >= 0.6 is 0 Å². The predicted molar refractivity (Wildman–Crippen MR) is 77.8 cm³/mol. The smallest absolute Gasteiger partial charge is 0.242 e. The molecule has 2 heterocycles. The highest BCUT2D eigenvalue weighted by molar-refractivity contribution is 6.07. The molecule has 1 amide bonds. The van der Waals surface area contributed by atoms with Crippen LogP contribution in [0.5, 0.6) is 0 Å². The van der Waals surface area contributed by atoms with E-state index < -0.39 is 0 Å². The van der Waals surface area contributed by atoms with Crippen molar-refractivity contribution in [2.24, 2.45) is 0 Å². The van der Waals surface area contributed by atoms with Crippen LogP contribution in [0.2, 0.25) is 0 Å². The van der Waals surface area contributed by atoms with Crippen LogP contribution in [0, 0.1) is 0 Å². The molecule has 0 spiro atoms. The van der Waals surface area contributed by atoms with Crippen molar-refractivity contribution in [2.45, 2.75) is 26.3 Å². The first-order valence-electron chi connectivity index (χ1n) is 7.03. The van der Waals surface area contributed by atoms with Gasteiger partial charge in [0, 0.05) is 35.8 Å². The summed E-state index contributed by atoms with van der Waals surface area (Å²) < 4.78 is 1.90. The van der Waals surface area contributed by atoms with Gasteiger partial charge in [-0.05, 0) is 25.8 Å². The van der Waals surface area contributed by atoms with Crippen LogP contribution < -0.4 is 0 Å². The fourth-order valence-corrected chi connectivity index (χ4v) is 2.87. The van der Waals surface area contributed by atoms with E-state index >= 15 is 0 Å². The van der Waals surface area contributed by atoms with Crippen LogP contribution in [-0.4, -0.2) is 34.2 Å². The molecule has 0 atom stereocenters. The Morgan fingerprint density at radius 1 is 1.15 bits per heavy atom. The largest absolute Gasteiger partial charge is 0.341 e. The third-order valence-corrected chi connectivity index (χ3v) is 3.93. The second-order valence-corrected chi connectivity index (χ2v) is 5.33. The maximum absolute atomic E-state index is 12.3. The van der Waals surface area contributed by atoms with Gasteiger partial charge in [0.25, 0.3) is 0 Å². The van der Waals surface area contributed by atoms with Crippen molar-refractivity contribution in [1.82, 2.24) is 9.47 Å². The standard InChI is InChI=1S/C16H18N2O2/c1-12(19)14-10-18(15-7-3-2-6-13(14)15)11-16(20)17-8-4-5-9-17/h2-3,6-7,10H,4-5,8-9,11H2,1H3. The molecule has 2 aromatic rings. The molecule has 20 heavy (non-hydrogen) atoms. The summed E-state index contributed by atoms with van der Waals surface area (Å²) in [6, 6.07) is 7.74. The highest BCUT2D eigenvalue weighted by Crippen LogP contribution is 2.22. The van der Waals surface area contributed by atoms with Gasteiger partial charge in [0.05, 0.1) is 0 Å². The van der Waals surface area contributed by atoms with Gasteiger partial charge in [0.15, 0.2) is 5.78 Å². The molecule has 1 aromatic carbocycles. The molecule has 4 nitrogen and oxygen atoms in total. The van der Waals surface area contributed by atoms with E-state index in [2.05, 4.69) is 0 Å². The Balaban J connectivity index is 1.95. The first-order chi connectivity index (χ1) is 9.66. The SMILES string of the molecule is CC(=O)c1cn(CC(=O)N2CCCC2)c2ccccc12. The average molecular weight is 270 g/mol. The molecule has 104 valence electrons. The van der Waals surface area contributed by atoms with Gasteiger partial charge in [-0.15, -0.1) is 0 Å². The molecule has 0 unspecified atom stereocenters. The van der Waals surface area contributed by atoms with Gasteiger partial charge in [-0.1, -0.05) is 18.2 Å². The quantitative estimate of drug-likeness (QED) is 0.804. The summed E-state index contributed by atoms with van der Waals surface area (Å²) in [7, 11) is 0. The molecule has 3 rings (SSSR count). The number of Topliss-reactive ketones (excluding diaryl/α,β-unsaturated/α-hetero) is 1. The van der Waals surface area contributed by atoms with Gasteiger partial charge in [-0.2, -0.15) is 0 Å². The summed E-state index contributed by atoms with van der Waals surface area (Å²) in [5.74, 6) is 0.173. The van der Waals surface area contributed by atoms with Gasteiger partial charge < -0.3 is 9.47 Å². The second-order valence-electron chi connectivity index (χ2n) is 5.33. The predicted octanol–water partition coefficient (Wildman–Crippen LogP) is 2.47. The molecule has 4 heteroatoms. The lowest BCUT2D eigenvalue weighted by molar-refractivity contribution is -0.130. The Morgan fingerprint density at radius 2 is 1.85 bits per heavy atom. The van der Waals surface area contributed by atoms with Gasteiger partial charge >= 0.3 is 0 Å². The number of rotatable bonds is 3. The van der Waals surface area contributed by atoms with E-state index in [4.69, 9.17) is 0 Å². The van der Waals surface area contributed by atoms with Crippen molar-refractivity contribution in [1.29, 1.82) is 0 Å². The Kier molecular flexibility index (Phi) is 3.30. The first kappa shape index (κ1) is 12.9. The summed E-state index contributed by atoms with van der Waals surface area (Å²) in [5, 5.41) is 0.925. The van der Waals surface area contributed by atoms with Gasteiger partial charge in [-0.3, -0.25) is 9.59 Å². The Labute approximate surface area is 118 Å². The Bertz CT molecular complexity index is 666. The minimum Gasteiger partial charge on any atom is -0.341 e. The number of hydrogen-bond donors (Lipinski definition) is 0. The number of carbonyl (C=O) groups excluding carboxylic acids is 2. The molecule has 0 N–H and O–H groups in total. The maximum Gasteiger partial charge on any atom is 0.242 e. The molecule has 1 fully saturated rings. The lowest BCUT2D eigenvalue weighted by Crippen LogP contribution is -2.30. The van der Waals surface area contributed by atoms with Crippen LogP contribution in [0.15, 0.2) is 30.5 Å². The third kappa shape index (κ3) is 2.22. The molecule has 1 aromatic heterocycles. The number of para-hydroxylation sites is 1. The summed E-state index contributed by atoms with van der Waals surface area (Å²) >= 11 is 0. The lowest BCUT2D eigenvalue weighted by Gasteiger charge is -2.15. The zero-order chi connectivity index (χ0) is 14.1. The van der Waals surface area contributed by atoms with E-state index in [1.807, 2.05) is 33.7 Å². The number of benzene rings is 1. The summed E-state index contributed by atoms with van der Waals surface area (Å²) in [6.45, 7) is 3.59. The van der Waals surface area contributed by atoms with Gasteiger partial charge in [0.1, 0.15) is 6.54 Å². The zero-order valence-electron chi connectivity index (χ0n) is 11.6. The van der Waals surface area contributed by atoms with E-state index in [1.54, 1.807) is 13.1 Å². The van der Waals surface area contributed by atoms with E-state index in [0.29, 0.717) is 12.1 Å². The molecular weight excluding hydrogens is 252 g/mol. The minimum absolute atomic E-state index is 0.0357. The number of nitrogens with zero attached hydrogens (tertiary/aromatic N) is 2. The van der Waals surface area contributed by atoms with Crippen LogP contribution in [-0.2, 0) is 11.3 Å². The number of amides is 1. The van der Waals surface area contributed by atoms with Crippen LogP contribution in [0.25, 0.3) is 10.9 Å². The number of likely N-dealkylation sites (tertiary alicyclic amines) is 1. The van der Waals surface area contributed by atoms with E-state index in [0.717, 1.165) is 36.8 Å². The van der Waals surface area contributed by atoms with Crippen molar-refractivity contribution < 1.29 is 9.59 Å². The van der Waals surface area contributed by atoms with Crippen molar-refractivity contribution in [3.05, 3.63) is 36.0 Å². The number of carbonyl (C=O) groups is 2. The second kappa shape index (κ2) is 5.12. The monoisotopic (exact) mass is 270 g/mol. The fourth-order valence-electron chi connectivity index (χ4n) is 2.87. The van der Waals surface area contributed by atoms with Crippen molar-refractivity contribution in [2.75, 3.05) is 13.1 Å². The fraction of sp³-hybridized carbons (Fsp3) is 0.375. The Hall–Kier alpha value is -2.10. The topological polar surface area (TPSA) is 42.3 Å². The molecule has 1 aliphatic rings. The number of ketones is 1. The molecule has 1 aliphatic heterocycles. The van der Waals surface area contributed by atoms with Crippen molar-refractivity contribution in [3.63, 3.8) is 0 Å². The van der Waals surface area contributed by atoms with E-state index in [-0.39, 0.29) is 11.7 Å². The van der Waals surface area contributed by atoms with Crippen LogP contribution in [0.3, 0.4) is 0 Å². The normalized spacial score (nSPS) is 14.9. The van der Waals surface area contributed by atoms with Gasteiger partial charge in [0.2, 0.25) is 5.91 Å². The maximum atomic E-state index is 12.3. The summed E-state index contributed by atoms with van der Waals surface area (Å²) in [4.78, 5) is 25.9. The highest BCUT2D eigenvalue weighted by atomic mass is 16.2. The lowest BCUT2D eigenvalue weighted by atomic mass is 10.1. The average Bonchev–Trinajstić information content (AvgIpc) is 3.07. The first-order valence-corrected chi connectivity index (χ1v) is 7.03. The number of fused-ring (bicyclic) bond motifs is 1. The molecule has 0 aliphatic carbocycles. The summed E-state index contributed by atoms with van der Waals surface area (Å²) in [5.41, 5.74) is 1.64. The molecule has 0 radical (unpaired) electrons. The van der Waals surface area contributed by atoms with Gasteiger partial charge in [-0.25, -0.2) is 0 Å². The minimum atomic E-state index is 0.0357. The third-order valence-electron chi connectivity index (χ3n) is 3.93. The van der Waals surface area contributed by atoms with E-state index in [1.165, 1.54) is 0 Å². The van der Waals surface area contributed by atoms with Crippen molar-refractivity contribution in [3.8, 4) is 0 Å². The molecule has 1 saturated heterocycles. The molecular formula is C16H18N2O2. The van der Waals surface area contributed by atoms with Crippen molar-refractivity contribution >= 4 is 22.6 Å².